The van der Waals surface area contributed by atoms with Crippen molar-refractivity contribution in [2.45, 2.75) is 20.4 Å². The molecule has 2 N–H and O–H groups in total. The molecule has 1 aromatic carbocycles. The van der Waals surface area contributed by atoms with Gasteiger partial charge in [0.25, 0.3) is 0 Å². The Bertz CT molecular complexity index is 1120. The van der Waals surface area contributed by atoms with Crippen LogP contribution in [0, 0.1) is 13.8 Å². The number of benzene rings is 1. The van der Waals surface area contributed by atoms with Crippen LogP contribution in [0.1, 0.15) is 16.7 Å². The maximum absolute atomic E-state index is 9.59. The van der Waals surface area contributed by atoms with Crippen molar-refractivity contribution in [3.8, 4) is 11.3 Å². The highest BCUT2D eigenvalue weighted by atomic mass is 79.9. The van der Waals surface area contributed by atoms with Crippen LogP contribution < -0.4 is 10.0 Å². The largest absolute Gasteiger partial charge is 0.366 e. The molecule has 0 aliphatic carbocycles. The Kier molecular flexibility index (Phi) is 4.53. The summed E-state index contributed by atoms with van der Waals surface area (Å²) in [6.07, 6.45) is 4.99. The molecule has 7 heteroatoms. The molecule has 0 amide bonds. The van der Waals surface area contributed by atoms with E-state index in [0.717, 1.165) is 37.5 Å². The molecule has 0 spiro atoms. The molecule has 4 aromatic rings. The van der Waals surface area contributed by atoms with Crippen molar-refractivity contribution in [2.24, 2.45) is 0 Å². The second kappa shape index (κ2) is 7.00. The second-order valence-corrected chi connectivity index (χ2v) is 7.32. The highest BCUT2D eigenvalue weighted by molar-refractivity contribution is 9.10. The number of nitrogens with zero attached hydrogens (tertiary/aromatic N) is 4. The van der Waals surface area contributed by atoms with Crippen molar-refractivity contribution in [1.82, 2.24) is 14.6 Å². The Balaban J connectivity index is 1.80. The summed E-state index contributed by atoms with van der Waals surface area (Å²) in [5.41, 5.74) is 6.08. The summed E-state index contributed by atoms with van der Waals surface area (Å²) in [4.78, 5) is 4.83. The lowest BCUT2D eigenvalue weighted by molar-refractivity contribution is -0.905. The van der Waals surface area contributed by atoms with Gasteiger partial charge in [-0.25, -0.2) is 4.98 Å². The van der Waals surface area contributed by atoms with Gasteiger partial charge in [-0.05, 0) is 47.0 Å². The van der Waals surface area contributed by atoms with E-state index in [9.17, 15) is 5.21 Å². The first kappa shape index (κ1) is 17.5. The van der Waals surface area contributed by atoms with E-state index in [2.05, 4.69) is 58.4 Å². The number of halogens is 1. The zero-order valence-corrected chi connectivity index (χ0v) is 16.6. The normalized spacial score (nSPS) is 11.1. The molecule has 0 bridgehead atoms. The van der Waals surface area contributed by atoms with Gasteiger partial charge in [-0.15, -0.1) is 0 Å². The number of fused-ring (bicyclic) bond motifs is 1. The molecule has 0 fully saturated rings. The first-order valence-corrected chi connectivity index (χ1v) is 9.36. The number of aromatic nitrogens is 4. The predicted molar refractivity (Wildman–Crippen MR) is 107 cm³/mol. The third-order valence-electron chi connectivity index (χ3n) is 4.49. The maximum atomic E-state index is 9.59. The Labute approximate surface area is 165 Å². The monoisotopic (exact) mass is 424 g/mol. The van der Waals surface area contributed by atoms with Gasteiger partial charge in [0, 0.05) is 34.5 Å². The zero-order valence-electron chi connectivity index (χ0n) is 15.0. The lowest BCUT2D eigenvalue weighted by Gasteiger charge is -2.13. The van der Waals surface area contributed by atoms with Crippen LogP contribution in [0.2, 0.25) is 0 Å². The zero-order chi connectivity index (χ0) is 19.0. The van der Waals surface area contributed by atoms with Crippen LogP contribution in [0.25, 0.3) is 16.9 Å². The molecule has 0 unspecified atom stereocenters. The van der Waals surface area contributed by atoms with Gasteiger partial charge < -0.3 is 5.32 Å². The van der Waals surface area contributed by atoms with Gasteiger partial charge >= 0.3 is 0 Å². The molecule has 0 saturated carbocycles. The third kappa shape index (κ3) is 3.38. The van der Waals surface area contributed by atoms with Crippen LogP contribution in [0.4, 0.5) is 5.82 Å². The number of hydrogen-bond donors (Lipinski definition) is 2. The summed E-state index contributed by atoms with van der Waals surface area (Å²) >= 11 is 3.54. The SMILES string of the molecule is Cc1cccc(C)c1-c1cc(NCc2ccc[n+](O)c2)n2ncc(Br)c2n1. The molecule has 3 heterocycles. The minimum absolute atomic E-state index is 0.546. The molecular formula is C20H19BrN5O+. The molecule has 0 atom stereocenters. The van der Waals surface area contributed by atoms with Gasteiger partial charge in [-0.2, -0.15) is 9.61 Å². The number of rotatable bonds is 4. The van der Waals surface area contributed by atoms with Crippen molar-refractivity contribution >= 4 is 27.4 Å². The topological polar surface area (TPSA) is 66.3 Å². The van der Waals surface area contributed by atoms with E-state index >= 15 is 0 Å². The average molecular weight is 425 g/mol. The highest BCUT2D eigenvalue weighted by Gasteiger charge is 2.14. The van der Waals surface area contributed by atoms with E-state index in [-0.39, 0.29) is 0 Å². The predicted octanol–water partition coefficient (Wildman–Crippen LogP) is 3.91. The molecular weight excluding hydrogens is 406 g/mol. The van der Waals surface area contributed by atoms with Crippen molar-refractivity contribution < 1.29 is 9.94 Å². The fourth-order valence-electron chi connectivity index (χ4n) is 3.22. The quantitative estimate of drug-likeness (QED) is 0.384. The lowest BCUT2D eigenvalue weighted by atomic mass is 10.00. The summed E-state index contributed by atoms with van der Waals surface area (Å²) in [7, 11) is 0. The Morgan fingerprint density at radius 3 is 2.70 bits per heavy atom. The van der Waals surface area contributed by atoms with Crippen LogP contribution >= 0.6 is 15.9 Å². The van der Waals surface area contributed by atoms with E-state index in [1.807, 2.05) is 12.1 Å². The minimum Gasteiger partial charge on any atom is -0.366 e. The van der Waals surface area contributed by atoms with E-state index in [1.165, 1.54) is 11.1 Å². The Morgan fingerprint density at radius 1 is 1.19 bits per heavy atom. The molecule has 6 nitrogen and oxygen atoms in total. The number of anilines is 1. The standard InChI is InChI=1S/C20H19BrN5O/c1-13-5-3-6-14(2)19(13)17-9-18(26-20(24-17)16(21)11-23-26)22-10-15-7-4-8-25(27)12-15/h3-9,11-12,22,27H,10H2,1-2H3/q+1. The van der Waals surface area contributed by atoms with Crippen LogP contribution in [0.5, 0.6) is 0 Å². The van der Waals surface area contributed by atoms with E-state index in [0.29, 0.717) is 6.54 Å². The van der Waals surface area contributed by atoms with Gasteiger partial charge in [-0.3, -0.25) is 5.21 Å². The minimum atomic E-state index is 0.546. The molecule has 0 radical (unpaired) electrons. The van der Waals surface area contributed by atoms with Crippen LogP contribution in [-0.4, -0.2) is 19.8 Å². The molecule has 4 rings (SSSR count). The molecule has 0 saturated heterocycles. The summed E-state index contributed by atoms with van der Waals surface area (Å²) in [6, 6.07) is 12.0. The van der Waals surface area contributed by atoms with Gasteiger partial charge in [0.2, 0.25) is 12.4 Å². The second-order valence-electron chi connectivity index (χ2n) is 6.47. The van der Waals surface area contributed by atoms with Gasteiger partial charge in [0.1, 0.15) is 5.82 Å². The summed E-state index contributed by atoms with van der Waals surface area (Å²) in [5.74, 6) is 0.830. The average Bonchev–Trinajstić information content (AvgIpc) is 3.01. The fourth-order valence-corrected chi connectivity index (χ4v) is 3.56. The van der Waals surface area contributed by atoms with Crippen molar-refractivity contribution in [3.05, 3.63) is 76.2 Å². The highest BCUT2D eigenvalue weighted by Crippen LogP contribution is 2.30. The first-order chi connectivity index (χ1) is 13.0. The van der Waals surface area contributed by atoms with Gasteiger partial charge in [0.05, 0.1) is 16.4 Å². The third-order valence-corrected chi connectivity index (χ3v) is 5.05. The molecule has 0 aliphatic heterocycles. The maximum Gasteiger partial charge on any atom is 0.227 e. The smallest absolute Gasteiger partial charge is 0.227 e. The van der Waals surface area contributed by atoms with Crippen molar-refractivity contribution in [3.63, 3.8) is 0 Å². The first-order valence-electron chi connectivity index (χ1n) is 8.57. The molecule has 0 aliphatic rings. The number of nitrogens with one attached hydrogen (secondary N) is 1. The Hall–Kier alpha value is -2.93. The number of aryl methyl sites for hydroxylation is 2. The number of hydrogen-bond acceptors (Lipinski definition) is 4. The van der Waals surface area contributed by atoms with Crippen LogP contribution in [-0.2, 0) is 6.54 Å². The summed E-state index contributed by atoms with van der Waals surface area (Å²) in [6.45, 7) is 4.73. The van der Waals surface area contributed by atoms with Crippen LogP contribution in [0.3, 0.4) is 0 Å². The van der Waals surface area contributed by atoms with Crippen LogP contribution in [0.15, 0.2) is 59.5 Å². The van der Waals surface area contributed by atoms with Gasteiger partial charge in [-0.1, -0.05) is 18.2 Å². The van der Waals surface area contributed by atoms with Crippen molar-refractivity contribution in [2.75, 3.05) is 5.32 Å². The molecule has 3 aromatic heterocycles. The van der Waals surface area contributed by atoms with E-state index in [4.69, 9.17) is 4.98 Å². The van der Waals surface area contributed by atoms with Gasteiger partial charge in [0.15, 0.2) is 5.65 Å². The number of pyridine rings is 1. The Morgan fingerprint density at radius 2 is 1.96 bits per heavy atom. The summed E-state index contributed by atoms with van der Waals surface area (Å²) in [5, 5.41) is 17.4. The summed E-state index contributed by atoms with van der Waals surface area (Å²) < 4.78 is 3.66. The van der Waals surface area contributed by atoms with E-state index in [1.54, 1.807) is 29.2 Å². The van der Waals surface area contributed by atoms with Crippen molar-refractivity contribution in [1.29, 1.82) is 0 Å². The lowest BCUT2D eigenvalue weighted by Crippen LogP contribution is -2.29. The van der Waals surface area contributed by atoms with E-state index < -0.39 is 0 Å². The molecule has 136 valence electrons. The fraction of sp³-hybridized carbons (Fsp3) is 0.150. The molecule has 27 heavy (non-hydrogen) atoms.